The quantitative estimate of drug-likeness (QED) is 0.523. The third-order valence-electron chi connectivity index (χ3n) is 2.05. The van der Waals surface area contributed by atoms with E-state index < -0.39 is 0 Å². The second kappa shape index (κ2) is 4.51. The summed E-state index contributed by atoms with van der Waals surface area (Å²) in [6.45, 7) is 2.30. The van der Waals surface area contributed by atoms with Gasteiger partial charge in [0.25, 0.3) is 0 Å². The summed E-state index contributed by atoms with van der Waals surface area (Å²) in [7, 11) is 0. The first-order valence-corrected chi connectivity index (χ1v) is 3.43. The summed E-state index contributed by atoms with van der Waals surface area (Å²) in [5, 5.41) is 0. The maximum atomic E-state index is 2.30. The van der Waals surface area contributed by atoms with Crippen molar-refractivity contribution in [2.24, 2.45) is 5.92 Å². The van der Waals surface area contributed by atoms with Crippen LogP contribution in [0, 0.1) is 5.92 Å². The third kappa shape index (κ3) is 2.27. The number of hydrogen-bond acceptors (Lipinski definition) is 0. The van der Waals surface area contributed by atoms with E-state index in [1.165, 1.54) is 32.1 Å². The fourth-order valence-corrected chi connectivity index (χ4v) is 1.42. The van der Waals surface area contributed by atoms with E-state index in [-0.39, 0.29) is 19.8 Å². The molecule has 0 atom stereocenters. The Bertz CT molecular complexity index is 46.3. The van der Waals surface area contributed by atoms with Crippen LogP contribution in [0.4, 0.5) is 0 Å². The summed E-state index contributed by atoms with van der Waals surface area (Å²) in [6.07, 6.45) is 7.43. The summed E-state index contributed by atoms with van der Waals surface area (Å²) in [5.41, 5.74) is 0. The van der Waals surface area contributed by atoms with Crippen LogP contribution in [0.2, 0.25) is 0 Å². The maximum absolute atomic E-state index is 2.30. The minimum atomic E-state index is 0. The van der Waals surface area contributed by atoms with Gasteiger partial charge >= 0.3 is 19.8 Å². The van der Waals surface area contributed by atoms with E-state index in [1.807, 2.05) is 0 Å². The molecule has 0 aromatic rings. The van der Waals surface area contributed by atoms with Gasteiger partial charge in [0.1, 0.15) is 0 Å². The Kier molecular flexibility index (Phi) is 4.87. The van der Waals surface area contributed by atoms with Crippen molar-refractivity contribution in [2.45, 2.75) is 39.0 Å². The normalized spacial score (nSPS) is 20.6. The van der Waals surface area contributed by atoms with Gasteiger partial charge in [-0.05, 0) is 5.92 Å². The molecule has 1 heteroatoms. The van der Waals surface area contributed by atoms with Gasteiger partial charge in [-0.1, -0.05) is 39.0 Å². The molecule has 0 spiro atoms. The van der Waals surface area contributed by atoms with E-state index in [0.29, 0.717) is 0 Å². The number of hydrogen-bond donors (Lipinski definition) is 0. The molecule has 0 amide bonds. The molecule has 0 unspecified atom stereocenters. The van der Waals surface area contributed by atoms with Crippen molar-refractivity contribution in [1.29, 1.82) is 0 Å². The molecule has 1 aliphatic carbocycles. The van der Waals surface area contributed by atoms with Gasteiger partial charge in [0.05, 0.1) is 0 Å². The Morgan fingerprint density at radius 3 is 2.00 bits per heavy atom. The van der Waals surface area contributed by atoms with Crippen LogP contribution in [-0.2, 0) is 0 Å². The van der Waals surface area contributed by atoms with Gasteiger partial charge in [-0.3, -0.25) is 0 Å². The van der Waals surface area contributed by atoms with Crippen LogP contribution in [-0.4, -0.2) is 19.8 Å². The van der Waals surface area contributed by atoms with E-state index in [9.17, 15) is 0 Å². The Morgan fingerprint density at radius 2 is 1.75 bits per heavy atom. The molecule has 48 valence electrons. The first-order valence-electron chi connectivity index (χ1n) is 3.43. The molecule has 1 saturated carbocycles. The van der Waals surface area contributed by atoms with Crippen molar-refractivity contribution in [3.63, 3.8) is 0 Å². The van der Waals surface area contributed by atoms with Crippen molar-refractivity contribution >= 4 is 19.8 Å². The topological polar surface area (TPSA) is 0 Å². The number of rotatable bonds is 1. The Labute approximate surface area is 65.1 Å². The molecular formula is C7H17Ga. The van der Waals surface area contributed by atoms with Gasteiger partial charge in [0.15, 0.2) is 0 Å². The van der Waals surface area contributed by atoms with Crippen LogP contribution >= 0.6 is 0 Å². The van der Waals surface area contributed by atoms with Crippen molar-refractivity contribution in [3.8, 4) is 0 Å². The van der Waals surface area contributed by atoms with E-state index >= 15 is 0 Å². The monoisotopic (exact) mass is 170 g/mol. The van der Waals surface area contributed by atoms with Crippen LogP contribution < -0.4 is 0 Å². The summed E-state index contributed by atoms with van der Waals surface area (Å²) >= 11 is 0. The molecule has 1 rings (SSSR count). The molecule has 0 heterocycles. The van der Waals surface area contributed by atoms with E-state index in [1.54, 1.807) is 0 Å². The second-order valence-electron chi connectivity index (χ2n) is 2.56. The predicted octanol–water partition coefficient (Wildman–Crippen LogP) is 1.40. The zero-order valence-electron chi connectivity index (χ0n) is 5.11. The van der Waals surface area contributed by atoms with Crippen molar-refractivity contribution in [2.75, 3.05) is 0 Å². The van der Waals surface area contributed by atoms with Crippen LogP contribution in [0.25, 0.3) is 0 Å². The van der Waals surface area contributed by atoms with Gasteiger partial charge in [-0.15, -0.1) is 0 Å². The van der Waals surface area contributed by atoms with Gasteiger partial charge in [0, 0.05) is 0 Å². The molecule has 0 saturated heterocycles. The van der Waals surface area contributed by atoms with Gasteiger partial charge in [0.2, 0.25) is 0 Å². The van der Waals surface area contributed by atoms with Crippen LogP contribution in [0.15, 0.2) is 0 Å². The van der Waals surface area contributed by atoms with E-state index in [0.717, 1.165) is 5.92 Å². The average Bonchev–Trinajstić information content (AvgIpc) is 2.14. The second-order valence-corrected chi connectivity index (χ2v) is 2.56. The molecule has 0 bridgehead atoms. The molecule has 0 nitrogen and oxygen atoms in total. The molecule has 0 N–H and O–H groups in total. The van der Waals surface area contributed by atoms with Crippen LogP contribution in [0.3, 0.4) is 0 Å². The first kappa shape index (κ1) is 8.64. The van der Waals surface area contributed by atoms with Crippen molar-refractivity contribution in [1.82, 2.24) is 0 Å². The standard InChI is InChI=1S/C7H14.Ga.3H/c1-2-7-5-3-4-6-7;;;;/h7H,2-6H2,1H3;;;;. The predicted molar refractivity (Wildman–Crippen MR) is 42.2 cm³/mol. The zero-order valence-corrected chi connectivity index (χ0v) is 5.11. The SMILES string of the molecule is CCC1CCCC1.[GaH3]. The van der Waals surface area contributed by atoms with E-state index in [4.69, 9.17) is 0 Å². The molecule has 0 aromatic carbocycles. The van der Waals surface area contributed by atoms with Gasteiger partial charge in [-0.25, -0.2) is 0 Å². The Morgan fingerprint density at radius 1 is 1.25 bits per heavy atom. The van der Waals surface area contributed by atoms with Crippen LogP contribution in [0.5, 0.6) is 0 Å². The van der Waals surface area contributed by atoms with E-state index in [2.05, 4.69) is 6.92 Å². The van der Waals surface area contributed by atoms with Gasteiger partial charge < -0.3 is 0 Å². The summed E-state index contributed by atoms with van der Waals surface area (Å²) in [6, 6.07) is 0. The Hall–Kier alpha value is 0.636. The molecule has 8 heavy (non-hydrogen) atoms. The fraction of sp³-hybridized carbons (Fsp3) is 1.00. The summed E-state index contributed by atoms with van der Waals surface area (Å²) in [4.78, 5) is 0. The molecule has 0 aliphatic heterocycles. The zero-order chi connectivity index (χ0) is 5.11. The minimum absolute atomic E-state index is 0. The molecular weight excluding hydrogens is 154 g/mol. The fourth-order valence-electron chi connectivity index (χ4n) is 1.42. The Balaban J connectivity index is 0.000000490. The van der Waals surface area contributed by atoms with Crippen LogP contribution in [0.1, 0.15) is 39.0 Å². The summed E-state index contributed by atoms with van der Waals surface area (Å²) < 4.78 is 0. The average molecular weight is 171 g/mol. The third-order valence-corrected chi connectivity index (χ3v) is 2.05. The molecule has 0 aromatic heterocycles. The first-order chi connectivity index (χ1) is 3.43. The summed E-state index contributed by atoms with van der Waals surface area (Å²) in [5.74, 6) is 1.10. The molecule has 1 fully saturated rings. The van der Waals surface area contributed by atoms with Crippen molar-refractivity contribution < 1.29 is 0 Å². The molecule has 1 aliphatic rings. The molecule has 0 radical (unpaired) electrons. The van der Waals surface area contributed by atoms with Gasteiger partial charge in [-0.2, -0.15) is 0 Å². The van der Waals surface area contributed by atoms with Crippen molar-refractivity contribution in [3.05, 3.63) is 0 Å².